The summed E-state index contributed by atoms with van der Waals surface area (Å²) in [5.74, 6) is -0.245. The van der Waals surface area contributed by atoms with Crippen molar-refractivity contribution < 1.29 is 9.53 Å². The van der Waals surface area contributed by atoms with E-state index >= 15 is 0 Å². The molecular weight excluding hydrogens is 280 g/mol. The first-order valence-electron chi connectivity index (χ1n) is 7.74. The van der Waals surface area contributed by atoms with E-state index in [2.05, 4.69) is 15.6 Å². The zero-order valence-electron chi connectivity index (χ0n) is 13.8. The Kier molecular flexibility index (Phi) is 7.52. The van der Waals surface area contributed by atoms with Gasteiger partial charge in [-0.2, -0.15) is 0 Å². The van der Waals surface area contributed by atoms with Crippen molar-refractivity contribution in [2.24, 2.45) is 0 Å². The topological polar surface area (TPSA) is 87.1 Å². The Hall–Kier alpha value is -1.95. The molecule has 0 radical (unpaired) electrons. The van der Waals surface area contributed by atoms with Gasteiger partial charge in [0.25, 0.3) is 5.91 Å². The molecule has 0 aliphatic carbocycles. The minimum Gasteiger partial charge on any atom is -0.381 e. The highest BCUT2D eigenvalue weighted by Crippen LogP contribution is 2.19. The van der Waals surface area contributed by atoms with Crippen molar-refractivity contribution >= 4 is 17.3 Å². The van der Waals surface area contributed by atoms with E-state index in [1.165, 1.54) is 0 Å². The molecule has 1 aliphatic heterocycles. The Bertz CT molecular complexity index is 511. The van der Waals surface area contributed by atoms with Gasteiger partial charge in [0.1, 0.15) is 11.4 Å². The summed E-state index contributed by atoms with van der Waals surface area (Å²) in [5.41, 5.74) is 1.99. The molecule has 0 saturated carbocycles. The SMILES string of the molecule is CC.CNC(=O)c1ccc(NC2CCOCC2)c(C(C)=N)n1. The fourth-order valence-corrected chi connectivity index (χ4v) is 2.18. The predicted octanol–water partition coefficient (Wildman–Crippen LogP) is 2.45. The van der Waals surface area contributed by atoms with Crippen LogP contribution in [0, 0.1) is 5.41 Å². The largest absolute Gasteiger partial charge is 0.381 e. The number of ether oxygens (including phenoxy) is 1. The number of nitrogens with zero attached hydrogens (tertiary/aromatic N) is 1. The van der Waals surface area contributed by atoms with E-state index in [4.69, 9.17) is 10.1 Å². The number of nitrogens with one attached hydrogen (secondary N) is 3. The maximum absolute atomic E-state index is 11.6. The van der Waals surface area contributed by atoms with E-state index in [1.807, 2.05) is 19.9 Å². The van der Waals surface area contributed by atoms with Crippen LogP contribution in [0.2, 0.25) is 0 Å². The molecule has 122 valence electrons. The van der Waals surface area contributed by atoms with Crippen molar-refractivity contribution in [1.82, 2.24) is 10.3 Å². The number of rotatable bonds is 4. The lowest BCUT2D eigenvalue weighted by Crippen LogP contribution is -2.29. The van der Waals surface area contributed by atoms with E-state index < -0.39 is 0 Å². The molecule has 1 amide bonds. The molecule has 22 heavy (non-hydrogen) atoms. The summed E-state index contributed by atoms with van der Waals surface area (Å²) in [6.45, 7) is 7.17. The van der Waals surface area contributed by atoms with Gasteiger partial charge < -0.3 is 20.8 Å². The van der Waals surface area contributed by atoms with Crippen LogP contribution < -0.4 is 10.6 Å². The zero-order valence-corrected chi connectivity index (χ0v) is 13.8. The maximum atomic E-state index is 11.6. The molecule has 6 nitrogen and oxygen atoms in total. The normalized spacial score (nSPS) is 14.5. The van der Waals surface area contributed by atoms with Gasteiger partial charge in [-0.05, 0) is 31.9 Å². The van der Waals surface area contributed by atoms with Crippen molar-refractivity contribution in [3.05, 3.63) is 23.5 Å². The van der Waals surface area contributed by atoms with Crippen LogP contribution in [0.15, 0.2) is 12.1 Å². The number of pyridine rings is 1. The van der Waals surface area contributed by atoms with E-state index in [0.717, 1.165) is 31.7 Å². The number of aromatic nitrogens is 1. The highest BCUT2D eigenvalue weighted by Gasteiger charge is 2.17. The Labute approximate surface area is 132 Å². The molecule has 1 aliphatic rings. The molecule has 0 atom stereocenters. The summed E-state index contributed by atoms with van der Waals surface area (Å²) < 4.78 is 5.33. The van der Waals surface area contributed by atoms with Crippen molar-refractivity contribution in [2.45, 2.75) is 39.7 Å². The molecule has 0 unspecified atom stereocenters. The lowest BCUT2D eigenvalue weighted by atomic mass is 10.1. The molecule has 1 aromatic rings. The Balaban J connectivity index is 0.00000116. The quantitative estimate of drug-likeness (QED) is 0.746. The van der Waals surface area contributed by atoms with Gasteiger partial charge in [0.05, 0.1) is 11.4 Å². The number of carbonyl (C=O) groups excluding carboxylic acids is 1. The third-order valence-electron chi connectivity index (χ3n) is 3.29. The van der Waals surface area contributed by atoms with Gasteiger partial charge >= 0.3 is 0 Å². The van der Waals surface area contributed by atoms with Crippen LogP contribution in [0.1, 0.15) is 49.8 Å². The molecule has 0 bridgehead atoms. The monoisotopic (exact) mass is 306 g/mol. The van der Waals surface area contributed by atoms with Gasteiger partial charge in [-0.25, -0.2) is 4.98 Å². The molecule has 3 N–H and O–H groups in total. The highest BCUT2D eigenvalue weighted by atomic mass is 16.5. The highest BCUT2D eigenvalue weighted by molar-refractivity contribution is 6.01. The van der Waals surface area contributed by atoms with Gasteiger partial charge in [-0.15, -0.1) is 0 Å². The third-order valence-corrected chi connectivity index (χ3v) is 3.29. The second-order valence-electron chi connectivity index (χ2n) is 4.83. The van der Waals surface area contributed by atoms with Gasteiger partial charge in [0, 0.05) is 26.3 Å². The fourth-order valence-electron chi connectivity index (χ4n) is 2.18. The molecule has 0 aromatic carbocycles. The molecule has 1 fully saturated rings. The van der Waals surface area contributed by atoms with Gasteiger partial charge in [-0.3, -0.25) is 4.79 Å². The number of anilines is 1. The number of hydrogen-bond donors (Lipinski definition) is 3. The van der Waals surface area contributed by atoms with E-state index in [-0.39, 0.29) is 5.91 Å². The van der Waals surface area contributed by atoms with E-state index in [9.17, 15) is 4.79 Å². The molecule has 2 rings (SSSR count). The Morgan fingerprint density at radius 2 is 1.95 bits per heavy atom. The van der Waals surface area contributed by atoms with Gasteiger partial charge in [0.15, 0.2) is 0 Å². The van der Waals surface area contributed by atoms with Crippen molar-refractivity contribution in [3.63, 3.8) is 0 Å². The summed E-state index contributed by atoms with van der Waals surface area (Å²) in [6.07, 6.45) is 1.88. The average molecular weight is 306 g/mol. The molecular formula is C16H26N4O2. The van der Waals surface area contributed by atoms with Crippen molar-refractivity contribution in [3.8, 4) is 0 Å². The van der Waals surface area contributed by atoms with Gasteiger partial charge in [-0.1, -0.05) is 13.8 Å². The fraction of sp³-hybridized carbons (Fsp3) is 0.562. The number of hydrogen-bond acceptors (Lipinski definition) is 5. The maximum Gasteiger partial charge on any atom is 0.269 e. The summed E-state index contributed by atoms with van der Waals surface area (Å²) >= 11 is 0. The van der Waals surface area contributed by atoms with E-state index in [0.29, 0.717) is 23.1 Å². The molecule has 0 spiro atoms. The van der Waals surface area contributed by atoms with Crippen molar-refractivity contribution in [1.29, 1.82) is 5.41 Å². The summed E-state index contributed by atoms with van der Waals surface area (Å²) in [4.78, 5) is 15.9. The molecule has 6 heteroatoms. The zero-order chi connectivity index (χ0) is 16.5. The molecule has 1 aromatic heterocycles. The van der Waals surface area contributed by atoms with Gasteiger partial charge in [0.2, 0.25) is 0 Å². The van der Waals surface area contributed by atoms with Crippen LogP contribution in [0.25, 0.3) is 0 Å². The van der Waals surface area contributed by atoms with Crippen LogP contribution in [0.3, 0.4) is 0 Å². The number of carbonyl (C=O) groups is 1. The standard InChI is InChI=1S/C14H20N4O2.C2H6/c1-9(15)13-11(17-10-5-7-20-8-6-10)3-4-12(18-13)14(19)16-2;1-2/h3-4,10,15,17H,5-8H2,1-2H3,(H,16,19);1-2H3. The first-order chi connectivity index (χ1) is 10.6. The lowest BCUT2D eigenvalue weighted by Gasteiger charge is -2.25. The summed E-state index contributed by atoms with van der Waals surface area (Å²) in [7, 11) is 1.56. The minimum absolute atomic E-state index is 0.245. The summed E-state index contributed by atoms with van der Waals surface area (Å²) in [5, 5.41) is 13.8. The van der Waals surface area contributed by atoms with Crippen LogP contribution in [0.4, 0.5) is 5.69 Å². The van der Waals surface area contributed by atoms with Crippen LogP contribution in [0.5, 0.6) is 0 Å². The number of amides is 1. The Morgan fingerprint density at radius 1 is 1.32 bits per heavy atom. The molecule has 2 heterocycles. The lowest BCUT2D eigenvalue weighted by molar-refractivity contribution is 0.0904. The first kappa shape index (κ1) is 18.1. The first-order valence-corrected chi connectivity index (χ1v) is 7.74. The Morgan fingerprint density at radius 3 is 2.50 bits per heavy atom. The van der Waals surface area contributed by atoms with Crippen LogP contribution in [-0.2, 0) is 4.74 Å². The second kappa shape index (κ2) is 9.15. The van der Waals surface area contributed by atoms with Crippen LogP contribution in [-0.4, -0.2) is 42.9 Å². The smallest absolute Gasteiger partial charge is 0.269 e. The minimum atomic E-state index is -0.245. The van der Waals surface area contributed by atoms with E-state index in [1.54, 1.807) is 20.0 Å². The third kappa shape index (κ3) is 4.80. The van der Waals surface area contributed by atoms with Crippen LogP contribution >= 0.6 is 0 Å². The second-order valence-corrected chi connectivity index (χ2v) is 4.83. The average Bonchev–Trinajstić information content (AvgIpc) is 2.57. The van der Waals surface area contributed by atoms with Crippen molar-refractivity contribution in [2.75, 3.05) is 25.6 Å². The predicted molar refractivity (Wildman–Crippen MR) is 88.9 cm³/mol. The summed E-state index contributed by atoms with van der Waals surface area (Å²) in [6, 6.07) is 3.82. The molecule has 1 saturated heterocycles.